The van der Waals surface area contributed by atoms with Gasteiger partial charge in [0.1, 0.15) is 29.2 Å². The Morgan fingerprint density at radius 3 is 2.62 bits per heavy atom. The molecule has 0 amide bonds. The van der Waals surface area contributed by atoms with Crippen LogP contribution in [0.15, 0.2) is 48.8 Å². The molecule has 2 aromatic carbocycles. The lowest BCUT2D eigenvalue weighted by Gasteiger charge is -2.36. The highest BCUT2D eigenvalue weighted by atomic mass is 19.1. The second-order valence-electron chi connectivity index (χ2n) is 6.41. The minimum Gasteiger partial charge on any atom is -0.496 e. The fraction of sp³-hybridized carbons (Fsp3) is 0.300. The number of methoxy groups -OCH3 is 1. The van der Waals surface area contributed by atoms with Gasteiger partial charge in [0.2, 0.25) is 0 Å². The van der Waals surface area contributed by atoms with Crippen LogP contribution in [0.1, 0.15) is 5.56 Å². The highest BCUT2D eigenvalue weighted by molar-refractivity contribution is 5.89. The Labute approximate surface area is 152 Å². The van der Waals surface area contributed by atoms with Crippen molar-refractivity contribution in [2.45, 2.75) is 6.54 Å². The highest BCUT2D eigenvalue weighted by Crippen LogP contribution is 2.26. The predicted octanol–water partition coefficient (Wildman–Crippen LogP) is 3.10. The molecule has 1 fully saturated rings. The zero-order valence-electron chi connectivity index (χ0n) is 14.7. The van der Waals surface area contributed by atoms with Crippen LogP contribution in [0.5, 0.6) is 5.75 Å². The molecule has 134 valence electrons. The fourth-order valence-electron chi connectivity index (χ4n) is 3.48. The molecule has 0 N–H and O–H groups in total. The monoisotopic (exact) mass is 352 g/mol. The number of benzene rings is 2. The van der Waals surface area contributed by atoms with Gasteiger partial charge in [-0.2, -0.15) is 0 Å². The lowest BCUT2D eigenvalue weighted by atomic mass is 10.1. The Balaban J connectivity index is 1.48. The van der Waals surface area contributed by atoms with E-state index >= 15 is 0 Å². The molecule has 1 aromatic heterocycles. The summed E-state index contributed by atoms with van der Waals surface area (Å²) in [6, 6.07) is 13.1. The van der Waals surface area contributed by atoms with Gasteiger partial charge in [-0.05, 0) is 18.2 Å². The van der Waals surface area contributed by atoms with Gasteiger partial charge in [0, 0.05) is 43.7 Å². The van der Waals surface area contributed by atoms with Crippen molar-refractivity contribution in [2.75, 3.05) is 38.2 Å². The molecule has 5 nitrogen and oxygen atoms in total. The first kappa shape index (κ1) is 16.7. The third-order valence-corrected chi connectivity index (χ3v) is 4.85. The van der Waals surface area contributed by atoms with E-state index in [4.69, 9.17) is 4.74 Å². The lowest BCUT2D eigenvalue weighted by molar-refractivity contribution is 0.246. The van der Waals surface area contributed by atoms with Crippen LogP contribution >= 0.6 is 0 Å². The van der Waals surface area contributed by atoms with Crippen molar-refractivity contribution in [3.05, 3.63) is 60.2 Å². The Bertz CT molecular complexity index is 909. The Morgan fingerprint density at radius 2 is 1.81 bits per heavy atom. The number of fused-ring (bicyclic) bond motifs is 1. The van der Waals surface area contributed by atoms with Crippen LogP contribution in [-0.2, 0) is 6.54 Å². The van der Waals surface area contributed by atoms with Crippen molar-refractivity contribution in [2.24, 2.45) is 0 Å². The van der Waals surface area contributed by atoms with E-state index in [0.717, 1.165) is 49.7 Å². The molecule has 0 atom stereocenters. The molecule has 1 saturated heterocycles. The molecule has 1 aliphatic heterocycles. The molecule has 26 heavy (non-hydrogen) atoms. The molecule has 6 heteroatoms. The lowest BCUT2D eigenvalue weighted by Crippen LogP contribution is -2.46. The van der Waals surface area contributed by atoms with Crippen molar-refractivity contribution in [3.8, 4) is 5.75 Å². The maximum Gasteiger partial charge on any atom is 0.149 e. The maximum atomic E-state index is 14.0. The van der Waals surface area contributed by atoms with Crippen LogP contribution in [-0.4, -0.2) is 48.2 Å². The summed E-state index contributed by atoms with van der Waals surface area (Å²) in [6.07, 6.45) is 1.45. The van der Waals surface area contributed by atoms with Crippen molar-refractivity contribution in [1.82, 2.24) is 14.9 Å². The number of halogens is 1. The number of anilines is 1. The first-order valence-electron chi connectivity index (χ1n) is 8.74. The molecular formula is C20H21FN4O. The fourth-order valence-corrected chi connectivity index (χ4v) is 3.48. The van der Waals surface area contributed by atoms with Gasteiger partial charge < -0.3 is 9.64 Å². The van der Waals surface area contributed by atoms with Gasteiger partial charge in [0.05, 0.1) is 7.11 Å². The van der Waals surface area contributed by atoms with Crippen LogP contribution in [0.3, 0.4) is 0 Å². The Hall–Kier alpha value is -2.73. The summed E-state index contributed by atoms with van der Waals surface area (Å²) in [4.78, 5) is 13.1. The van der Waals surface area contributed by atoms with E-state index in [9.17, 15) is 4.39 Å². The summed E-state index contributed by atoms with van der Waals surface area (Å²) in [5, 5.41) is 0.769. The van der Waals surface area contributed by atoms with E-state index in [1.807, 2.05) is 24.3 Å². The molecule has 0 aliphatic carbocycles. The van der Waals surface area contributed by atoms with Crippen molar-refractivity contribution in [3.63, 3.8) is 0 Å². The van der Waals surface area contributed by atoms with Crippen LogP contribution in [0, 0.1) is 5.82 Å². The first-order chi connectivity index (χ1) is 12.8. The number of aromatic nitrogens is 2. The van der Waals surface area contributed by atoms with Crippen LogP contribution in [0.25, 0.3) is 10.9 Å². The van der Waals surface area contributed by atoms with Crippen LogP contribution < -0.4 is 9.64 Å². The number of ether oxygens (including phenoxy) is 1. The number of nitrogens with zero attached hydrogens (tertiary/aromatic N) is 4. The maximum absolute atomic E-state index is 14.0. The smallest absolute Gasteiger partial charge is 0.149 e. The van der Waals surface area contributed by atoms with E-state index in [1.54, 1.807) is 13.2 Å². The molecule has 0 radical (unpaired) electrons. The molecule has 0 bridgehead atoms. The third-order valence-electron chi connectivity index (χ3n) is 4.85. The van der Waals surface area contributed by atoms with Gasteiger partial charge in [0.25, 0.3) is 0 Å². The van der Waals surface area contributed by atoms with Crippen molar-refractivity contribution >= 4 is 16.7 Å². The van der Waals surface area contributed by atoms with Crippen molar-refractivity contribution in [1.29, 1.82) is 0 Å². The number of para-hydroxylation sites is 2. The Morgan fingerprint density at radius 1 is 1.00 bits per heavy atom. The predicted molar refractivity (Wildman–Crippen MR) is 100.0 cm³/mol. The zero-order valence-corrected chi connectivity index (χ0v) is 14.7. The van der Waals surface area contributed by atoms with Gasteiger partial charge in [-0.15, -0.1) is 0 Å². The second kappa shape index (κ2) is 7.25. The minimum absolute atomic E-state index is 0.305. The standard InChI is InChI=1S/C20H21FN4O/c1-26-18-8-3-2-5-15(18)13-24-9-11-25(12-10-24)20-16-6-4-7-17(21)19(16)22-14-23-20/h2-8,14H,9-13H2,1H3. The van der Waals surface area contributed by atoms with Crippen molar-refractivity contribution < 1.29 is 9.13 Å². The molecule has 3 aromatic rings. The molecule has 0 saturated carbocycles. The number of piperazine rings is 1. The number of hydrogen-bond donors (Lipinski definition) is 0. The van der Waals surface area contributed by atoms with Gasteiger partial charge >= 0.3 is 0 Å². The molecule has 2 heterocycles. The summed E-state index contributed by atoms with van der Waals surface area (Å²) in [5.74, 6) is 1.43. The van der Waals surface area contributed by atoms with Crippen LogP contribution in [0.2, 0.25) is 0 Å². The molecule has 1 aliphatic rings. The van der Waals surface area contributed by atoms with E-state index in [2.05, 4.69) is 25.8 Å². The number of rotatable bonds is 4. The molecule has 4 rings (SSSR count). The molecule has 0 spiro atoms. The van der Waals surface area contributed by atoms with Gasteiger partial charge in [0.15, 0.2) is 0 Å². The van der Waals surface area contributed by atoms with E-state index in [1.165, 1.54) is 18.0 Å². The summed E-state index contributed by atoms with van der Waals surface area (Å²) in [6.45, 7) is 4.38. The Kier molecular flexibility index (Phi) is 4.67. The average Bonchev–Trinajstić information content (AvgIpc) is 2.69. The average molecular weight is 352 g/mol. The zero-order chi connectivity index (χ0) is 17.9. The third kappa shape index (κ3) is 3.20. The summed E-state index contributed by atoms with van der Waals surface area (Å²) in [5.41, 5.74) is 1.58. The van der Waals surface area contributed by atoms with Gasteiger partial charge in [-0.3, -0.25) is 4.90 Å². The summed E-state index contributed by atoms with van der Waals surface area (Å²) in [7, 11) is 1.70. The molecular weight excluding hydrogens is 331 g/mol. The second-order valence-corrected chi connectivity index (χ2v) is 6.41. The topological polar surface area (TPSA) is 41.5 Å². The SMILES string of the molecule is COc1ccccc1CN1CCN(c2ncnc3c(F)cccc23)CC1. The minimum atomic E-state index is -0.305. The van der Waals surface area contributed by atoms with Crippen LogP contribution in [0.4, 0.5) is 10.2 Å². The molecule has 0 unspecified atom stereocenters. The van der Waals surface area contributed by atoms with Gasteiger partial charge in [-0.1, -0.05) is 24.3 Å². The summed E-state index contributed by atoms with van der Waals surface area (Å²) >= 11 is 0. The number of hydrogen-bond acceptors (Lipinski definition) is 5. The highest BCUT2D eigenvalue weighted by Gasteiger charge is 2.21. The largest absolute Gasteiger partial charge is 0.496 e. The quantitative estimate of drug-likeness (QED) is 0.722. The normalized spacial score (nSPS) is 15.4. The summed E-state index contributed by atoms with van der Waals surface area (Å²) < 4.78 is 19.4. The van der Waals surface area contributed by atoms with E-state index in [-0.39, 0.29) is 5.82 Å². The van der Waals surface area contributed by atoms with E-state index < -0.39 is 0 Å². The van der Waals surface area contributed by atoms with Gasteiger partial charge in [-0.25, -0.2) is 14.4 Å². The van der Waals surface area contributed by atoms with E-state index in [0.29, 0.717) is 5.52 Å². The first-order valence-corrected chi connectivity index (χ1v) is 8.74.